The molecule has 0 spiro atoms. The van der Waals surface area contributed by atoms with E-state index in [1.165, 1.54) is 0 Å². The van der Waals surface area contributed by atoms with Gasteiger partial charge in [0.2, 0.25) is 5.91 Å². The number of carbonyl (C=O) groups is 1. The Morgan fingerprint density at radius 3 is 2.37 bits per heavy atom. The molecule has 0 atom stereocenters. The summed E-state index contributed by atoms with van der Waals surface area (Å²) in [6.07, 6.45) is 1.18. The van der Waals surface area contributed by atoms with Crippen molar-refractivity contribution in [3.63, 3.8) is 0 Å². The van der Waals surface area contributed by atoms with E-state index in [1.807, 2.05) is 45.2 Å². The monoisotopic (exact) mass is 264 g/mol. The lowest BCUT2D eigenvalue weighted by Gasteiger charge is -2.21. The van der Waals surface area contributed by atoms with Gasteiger partial charge in [0, 0.05) is 25.6 Å². The maximum absolute atomic E-state index is 12.0. The molecule has 0 aliphatic carbocycles. The number of amides is 1. The van der Waals surface area contributed by atoms with Crippen molar-refractivity contribution in [2.75, 3.05) is 14.2 Å². The number of nitrogens with two attached hydrogens (primary N) is 1. The third kappa shape index (κ3) is 5.75. The van der Waals surface area contributed by atoms with E-state index in [4.69, 9.17) is 10.5 Å². The Balaban J connectivity index is 2.49. The van der Waals surface area contributed by atoms with Crippen LogP contribution in [0.25, 0.3) is 0 Å². The number of carbonyl (C=O) groups excluding carboxylic acids is 1. The Kier molecular flexibility index (Phi) is 5.36. The fraction of sp³-hybridized carbons (Fsp3) is 0.533. The first-order valence-electron chi connectivity index (χ1n) is 6.47. The number of ether oxygens (including phenoxy) is 1. The molecule has 106 valence electrons. The third-order valence-electron chi connectivity index (χ3n) is 2.99. The van der Waals surface area contributed by atoms with E-state index >= 15 is 0 Å². The molecule has 0 bridgehead atoms. The Morgan fingerprint density at radius 1 is 1.32 bits per heavy atom. The van der Waals surface area contributed by atoms with Crippen molar-refractivity contribution in [2.24, 2.45) is 5.73 Å². The molecule has 0 aliphatic heterocycles. The highest BCUT2D eigenvalue weighted by molar-refractivity contribution is 5.75. The number of hydrogen-bond acceptors (Lipinski definition) is 3. The topological polar surface area (TPSA) is 55.6 Å². The predicted molar refractivity (Wildman–Crippen MR) is 77.0 cm³/mol. The van der Waals surface area contributed by atoms with Crippen LogP contribution in [0.2, 0.25) is 0 Å². The van der Waals surface area contributed by atoms with Crippen molar-refractivity contribution in [2.45, 2.75) is 38.8 Å². The lowest BCUT2D eigenvalue weighted by molar-refractivity contribution is -0.130. The van der Waals surface area contributed by atoms with Gasteiger partial charge in [0.1, 0.15) is 5.75 Å². The van der Waals surface area contributed by atoms with Crippen LogP contribution in [-0.2, 0) is 11.3 Å². The molecule has 0 aliphatic rings. The van der Waals surface area contributed by atoms with E-state index in [1.54, 1.807) is 12.0 Å². The quantitative estimate of drug-likeness (QED) is 0.856. The predicted octanol–water partition coefficient (Wildman–Crippen LogP) is 2.17. The summed E-state index contributed by atoms with van der Waals surface area (Å²) >= 11 is 0. The summed E-state index contributed by atoms with van der Waals surface area (Å²) in [5.41, 5.74) is 6.68. The van der Waals surface area contributed by atoms with Gasteiger partial charge in [0.15, 0.2) is 0 Å². The molecule has 4 heteroatoms. The highest BCUT2D eigenvalue weighted by Gasteiger charge is 2.15. The van der Waals surface area contributed by atoms with Crippen molar-refractivity contribution in [1.82, 2.24) is 4.90 Å². The smallest absolute Gasteiger partial charge is 0.222 e. The Labute approximate surface area is 115 Å². The van der Waals surface area contributed by atoms with Crippen LogP contribution in [0.4, 0.5) is 0 Å². The first kappa shape index (κ1) is 15.5. The van der Waals surface area contributed by atoms with Crippen LogP contribution in [0.5, 0.6) is 5.75 Å². The minimum Gasteiger partial charge on any atom is -0.497 e. The number of benzene rings is 1. The maximum Gasteiger partial charge on any atom is 0.222 e. The summed E-state index contributed by atoms with van der Waals surface area (Å²) in [5, 5.41) is 0. The van der Waals surface area contributed by atoms with E-state index in [2.05, 4.69) is 0 Å². The standard InChI is InChI=1S/C15H24N2O2/c1-15(2,16)10-9-14(18)17(3)11-12-5-7-13(19-4)8-6-12/h5-8H,9-11,16H2,1-4H3. The molecule has 0 fully saturated rings. The van der Waals surface area contributed by atoms with E-state index < -0.39 is 0 Å². The van der Waals surface area contributed by atoms with Crippen LogP contribution in [0, 0.1) is 0 Å². The molecule has 1 amide bonds. The Bertz CT molecular complexity index is 407. The van der Waals surface area contributed by atoms with Crippen LogP contribution >= 0.6 is 0 Å². The molecule has 1 rings (SSSR count). The van der Waals surface area contributed by atoms with Gasteiger partial charge in [0.25, 0.3) is 0 Å². The molecule has 1 aromatic rings. The van der Waals surface area contributed by atoms with E-state index in [0.717, 1.165) is 11.3 Å². The second kappa shape index (κ2) is 6.57. The first-order chi connectivity index (χ1) is 8.81. The van der Waals surface area contributed by atoms with Gasteiger partial charge in [-0.05, 0) is 38.0 Å². The van der Waals surface area contributed by atoms with Crippen molar-refractivity contribution in [1.29, 1.82) is 0 Å². The maximum atomic E-state index is 12.0. The molecule has 0 saturated carbocycles. The molecule has 0 unspecified atom stereocenters. The number of rotatable bonds is 6. The van der Waals surface area contributed by atoms with E-state index in [-0.39, 0.29) is 11.4 Å². The summed E-state index contributed by atoms with van der Waals surface area (Å²) in [7, 11) is 3.45. The molecular weight excluding hydrogens is 240 g/mol. The minimum absolute atomic E-state index is 0.120. The largest absolute Gasteiger partial charge is 0.497 e. The highest BCUT2D eigenvalue weighted by Crippen LogP contribution is 2.14. The normalized spacial score (nSPS) is 11.2. The fourth-order valence-corrected chi connectivity index (χ4v) is 1.71. The molecule has 0 aromatic heterocycles. The van der Waals surface area contributed by atoms with Crippen molar-refractivity contribution < 1.29 is 9.53 Å². The number of methoxy groups -OCH3 is 1. The summed E-state index contributed by atoms with van der Waals surface area (Å²) in [5.74, 6) is 0.942. The molecule has 1 aromatic carbocycles. The molecule has 4 nitrogen and oxygen atoms in total. The van der Waals surface area contributed by atoms with Crippen LogP contribution < -0.4 is 10.5 Å². The molecule has 0 saturated heterocycles. The average Bonchev–Trinajstić information content (AvgIpc) is 2.36. The van der Waals surface area contributed by atoms with Gasteiger partial charge in [-0.15, -0.1) is 0 Å². The van der Waals surface area contributed by atoms with Gasteiger partial charge in [-0.25, -0.2) is 0 Å². The minimum atomic E-state index is -0.295. The van der Waals surface area contributed by atoms with Crippen molar-refractivity contribution >= 4 is 5.91 Å². The molecule has 2 N–H and O–H groups in total. The highest BCUT2D eigenvalue weighted by atomic mass is 16.5. The van der Waals surface area contributed by atoms with Gasteiger partial charge < -0.3 is 15.4 Å². The van der Waals surface area contributed by atoms with Crippen molar-refractivity contribution in [3.05, 3.63) is 29.8 Å². The second-order valence-electron chi connectivity index (χ2n) is 5.59. The lowest BCUT2D eigenvalue weighted by Crippen LogP contribution is -2.34. The third-order valence-corrected chi connectivity index (χ3v) is 2.99. The SMILES string of the molecule is COc1ccc(CN(C)C(=O)CCC(C)(C)N)cc1. The summed E-state index contributed by atoms with van der Waals surface area (Å²) < 4.78 is 5.10. The summed E-state index contributed by atoms with van der Waals surface area (Å²) in [4.78, 5) is 13.7. The summed E-state index contributed by atoms with van der Waals surface area (Å²) in [6, 6.07) is 7.73. The van der Waals surface area contributed by atoms with E-state index in [9.17, 15) is 4.79 Å². The number of hydrogen-bond donors (Lipinski definition) is 1. The number of nitrogens with zero attached hydrogens (tertiary/aromatic N) is 1. The van der Waals surface area contributed by atoms with Crippen LogP contribution in [-0.4, -0.2) is 30.5 Å². The van der Waals surface area contributed by atoms with Crippen LogP contribution in [0.1, 0.15) is 32.3 Å². The second-order valence-corrected chi connectivity index (χ2v) is 5.59. The molecular formula is C15H24N2O2. The zero-order chi connectivity index (χ0) is 14.5. The zero-order valence-corrected chi connectivity index (χ0v) is 12.3. The van der Waals surface area contributed by atoms with Gasteiger partial charge in [0.05, 0.1) is 7.11 Å². The molecule has 0 radical (unpaired) electrons. The van der Waals surface area contributed by atoms with Gasteiger partial charge in [-0.1, -0.05) is 12.1 Å². The zero-order valence-electron chi connectivity index (χ0n) is 12.3. The van der Waals surface area contributed by atoms with E-state index in [0.29, 0.717) is 19.4 Å². The van der Waals surface area contributed by atoms with Gasteiger partial charge >= 0.3 is 0 Å². The molecule has 0 heterocycles. The average molecular weight is 264 g/mol. The Morgan fingerprint density at radius 2 is 1.89 bits per heavy atom. The van der Waals surface area contributed by atoms with Crippen LogP contribution in [0.3, 0.4) is 0 Å². The molecule has 19 heavy (non-hydrogen) atoms. The van der Waals surface area contributed by atoms with Crippen molar-refractivity contribution in [3.8, 4) is 5.75 Å². The Hall–Kier alpha value is -1.55. The fourth-order valence-electron chi connectivity index (χ4n) is 1.71. The van der Waals surface area contributed by atoms with Crippen LogP contribution in [0.15, 0.2) is 24.3 Å². The van der Waals surface area contributed by atoms with Gasteiger partial charge in [-0.2, -0.15) is 0 Å². The van der Waals surface area contributed by atoms with Gasteiger partial charge in [-0.3, -0.25) is 4.79 Å². The lowest BCUT2D eigenvalue weighted by atomic mass is 10.00. The first-order valence-corrected chi connectivity index (χ1v) is 6.47. The summed E-state index contributed by atoms with van der Waals surface area (Å²) in [6.45, 7) is 4.47.